The van der Waals surface area contributed by atoms with Gasteiger partial charge in [-0.2, -0.15) is 0 Å². The quantitative estimate of drug-likeness (QED) is 0.536. The van der Waals surface area contributed by atoms with Gasteiger partial charge in [0.1, 0.15) is 0 Å². The van der Waals surface area contributed by atoms with Crippen LogP contribution in [-0.2, 0) is 14.3 Å². The molecule has 1 fully saturated rings. The molecule has 1 aliphatic rings. The second kappa shape index (κ2) is 9.34. The van der Waals surface area contributed by atoms with Crippen molar-refractivity contribution in [3.05, 3.63) is 0 Å². The molecule has 18 heavy (non-hydrogen) atoms. The van der Waals surface area contributed by atoms with Crippen molar-refractivity contribution < 1.29 is 14.3 Å². The van der Waals surface area contributed by atoms with E-state index >= 15 is 0 Å². The largest absolute Gasteiger partial charge is 0.466 e. The fourth-order valence-corrected chi connectivity index (χ4v) is 2.36. The molecule has 4 heteroatoms. The predicted octanol–water partition coefficient (Wildman–Crippen LogP) is 2.40. The van der Waals surface area contributed by atoms with Crippen molar-refractivity contribution in [2.45, 2.75) is 70.4 Å². The highest BCUT2D eigenvalue weighted by Gasteiger charge is 2.19. The molecule has 0 aromatic carbocycles. The van der Waals surface area contributed by atoms with Crippen LogP contribution in [0.2, 0.25) is 0 Å². The summed E-state index contributed by atoms with van der Waals surface area (Å²) in [5, 5.41) is 0. The molecule has 1 rings (SSSR count). The summed E-state index contributed by atoms with van der Waals surface area (Å²) in [6.45, 7) is 3.10. The Morgan fingerprint density at radius 3 is 2.83 bits per heavy atom. The Bertz CT molecular complexity index is 233. The summed E-state index contributed by atoms with van der Waals surface area (Å²) in [5.41, 5.74) is 5.91. The molecule has 2 unspecified atom stereocenters. The standard InChI is InChI=1S/C14H27NO3/c1-2-17-14(16)9-4-3-5-10-18-13-8-6-7-12(15)11-13/h12-13H,2-11,15H2,1H3. The van der Waals surface area contributed by atoms with E-state index in [4.69, 9.17) is 15.2 Å². The molecule has 0 spiro atoms. The van der Waals surface area contributed by atoms with Crippen molar-refractivity contribution in [2.24, 2.45) is 5.73 Å². The lowest BCUT2D eigenvalue weighted by molar-refractivity contribution is -0.143. The summed E-state index contributed by atoms with van der Waals surface area (Å²) in [7, 11) is 0. The zero-order valence-electron chi connectivity index (χ0n) is 11.5. The van der Waals surface area contributed by atoms with Crippen molar-refractivity contribution in [2.75, 3.05) is 13.2 Å². The molecule has 0 amide bonds. The Morgan fingerprint density at radius 2 is 2.11 bits per heavy atom. The summed E-state index contributed by atoms with van der Waals surface area (Å²) < 4.78 is 10.7. The third-order valence-electron chi connectivity index (χ3n) is 3.35. The smallest absolute Gasteiger partial charge is 0.305 e. The highest BCUT2D eigenvalue weighted by atomic mass is 16.5. The topological polar surface area (TPSA) is 61.5 Å². The molecule has 2 atom stereocenters. The fraction of sp³-hybridized carbons (Fsp3) is 0.929. The zero-order valence-corrected chi connectivity index (χ0v) is 11.5. The Hall–Kier alpha value is -0.610. The lowest BCUT2D eigenvalue weighted by Crippen LogP contribution is -2.32. The molecule has 0 heterocycles. The van der Waals surface area contributed by atoms with Gasteiger partial charge < -0.3 is 15.2 Å². The van der Waals surface area contributed by atoms with Gasteiger partial charge in [-0.25, -0.2) is 0 Å². The van der Waals surface area contributed by atoms with Crippen LogP contribution in [0.1, 0.15) is 58.3 Å². The van der Waals surface area contributed by atoms with Crippen molar-refractivity contribution in [3.63, 3.8) is 0 Å². The lowest BCUT2D eigenvalue weighted by Gasteiger charge is -2.26. The van der Waals surface area contributed by atoms with Gasteiger partial charge in [0.25, 0.3) is 0 Å². The number of esters is 1. The highest BCUT2D eigenvalue weighted by Crippen LogP contribution is 2.20. The molecule has 1 saturated carbocycles. The van der Waals surface area contributed by atoms with Gasteiger partial charge in [0.2, 0.25) is 0 Å². The van der Waals surface area contributed by atoms with Crippen LogP contribution in [-0.4, -0.2) is 31.3 Å². The molecule has 1 aliphatic carbocycles. The Morgan fingerprint density at radius 1 is 1.28 bits per heavy atom. The van der Waals surface area contributed by atoms with Gasteiger partial charge in [-0.3, -0.25) is 4.79 Å². The Balaban J connectivity index is 1.90. The van der Waals surface area contributed by atoms with Crippen molar-refractivity contribution >= 4 is 5.97 Å². The number of carbonyl (C=O) groups excluding carboxylic acids is 1. The maximum Gasteiger partial charge on any atom is 0.305 e. The highest BCUT2D eigenvalue weighted by molar-refractivity contribution is 5.69. The number of hydrogen-bond donors (Lipinski definition) is 1. The van der Waals surface area contributed by atoms with Crippen LogP contribution in [0, 0.1) is 0 Å². The number of ether oxygens (including phenoxy) is 2. The van der Waals surface area contributed by atoms with Gasteiger partial charge in [0.05, 0.1) is 12.7 Å². The predicted molar refractivity (Wildman–Crippen MR) is 71.3 cm³/mol. The van der Waals surface area contributed by atoms with E-state index in [1.165, 1.54) is 6.42 Å². The first-order valence-corrected chi connectivity index (χ1v) is 7.25. The normalized spacial score (nSPS) is 23.9. The number of carbonyl (C=O) groups is 1. The summed E-state index contributed by atoms with van der Waals surface area (Å²) in [6, 6.07) is 0.326. The number of rotatable bonds is 8. The van der Waals surface area contributed by atoms with Crippen LogP contribution >= 0.6 is 0 Å². The summed E-state index contributed by atoms with van der Waals surface area (Å²) in [5.74, 6) is -0.0864. The molecular formula is C14H27NO3. The van der Waals surface area contributed by atoms with Gasteiger partial charge in [-0.15, -0.1) is 0 Å². The molecule has 106 valence electrons. The summed E-state index contributed by atoms with van der Waals surface area (Å²) in [4.78, 5) is 11.1. The molecule has 0 aliphatic heterocycles. The molecular weight excluding hydrogens is 230 g/mol. The fourth-order valence-electron chi connectivity index (χ4n) is 2.36. The molecule has 4 nitrogen and oxygen atoms in total. The first-order chi connectivity index (χ1) is 8.72. The molecule has 0 radical (unpaired) electrons. The van der Waals surface area contributed by atoms with Gasteiger partial charge in [-0.1, -0.05) is 6.42 Å². The molecule has 0 saturated heterocycles. The number of unbranched alkanes of at least 4 members (excludes halogenated alkanes) is 2. The SMILES string of the molecule is CCOC(=O)CCCCCOC1CCCC(N)C1. The van der Waals surface area contributed by atoms with E-state index < -0.39 is 0 Å². The maximum atomic E-state index is 11.1. The van der Waals surface area contributed by atoms with Crippen LogP contribution in [0.15, 0.2) is 0 Å². The van der Waals surface area contributed by atoms with E-state index in [0.717, 1.165) is 45.1 Å². The van der Waals surface area contributed by atoms with E-state index in [9.17, 15) is 4.79 Å². The van der Waals surface area contributed by atoms with E-state index in [2.05, 4.69) is 0 Å². The maximum absolute atomic E-state index is 11.1. The van der Waals surface area contributed by atoms with Gasteiger partial charge >= 0.3 is 5.97 Å². The first-order valence-electron chi connectivity index (χ1n) is 7.25. The van der Waals surface area contributed by atoms with E-state index in [1.54, 1.807) is 0 Å². The molecule has 0 aromatic heterocycles. The number of hydrogen-bond acceptors (Lipinski definition) is 4. The molecule has 0 bridgehead atoms. The lowest BCUT2D eigenvalue weighted by atomic mass is 9.93. The average molecular weight is 257 g/mol. The van der Waals surface area contributed by atoms with Crippen LogP contribution in [0.4, 0.5) is 0 Å². The monoisotopic (exact) mass is 257 g/mol. The summed E-state index contributed by atoms with van der Waals surface area (Å²) >= 11 is 0. The third-order valence-corrected chi connectivity index (χ3v) is 3.35. The van der Waals surface area contributed by atoms with Crippen molar-refractivity contribution in [1.29, 1.82) is 0 Å². The number of nitrogens with two attached hydrogens (primary N) is 1. The minimum Gasteiger partial charge on any atom is -0.466 e. The van der Waals surface area contributed by atoms with Crippen molar-refractivity contribution in [1.82, 2.24) is 0 Å². The Kier molecular flexibility index (Phi) is 8.01. The van der Waals surface area contributed by atoms with Gasteiger partial charge in [0, 0.05) is 19.1 Å². The van der Waals surface area contributed by atoms with Crippen LogP contribution in [0.25, 0.3) is 0 Å². The second-order valence-electron chi connectivity index (χ2n) is 5.04. The summed E-state index contributed by atoms with van der Waals surface area (Å²) in [6.07, 6.45) is 8.31. The second-order valence-corrected chi connectivity index (χ2v) is 5.04. The minimum atomic E-state index is -0.0864. The van der Waals surface area contributed by atoms with Crippen molar-refractivity contribution in [3.8, 4) is 0 Å². The van der Waals surface area contributed by atoms with Crippen LogP contribution in [0.3, 0.4) is 0 Å². The van der Waals surface area contributed by atoms with Gasteiger partial charge in [-0.05, 0) is 45.4 Å². The van der Waals surface area contributed by atoms with E-state index in [1.807, 2.05) is 6.92 Å². The molecule has 2 N–H and O–H groups in total. The average Bonchev–Trinajstić information content (AvgIpc) is 2.34. The van der Waals surface area contributed by atoms with Crippen LogP contribution in [0.5, 0.6) is 0 Å². The third kappa shape index (κ3) is 6.97. The minimum absolute atomic E-state index is 0.0864. The first kappa shape index (κ1) is 15.4. The zero-order chi connectivity index (χ0) is 13.2. The van der Waals surface area contributed by atoms with Gasteiger partial charge in [0.15, 0.2) is 0 Å². The van der Waals surface area contributed by atoms with Crippen LogP contribution < -0.4 is 5.73 Å². The van der Waals surface area contributed by atoms with E-state index in [0.29, 0.717) is 25.2 Å². The Labute approximate surface area is 110 Å². The molecule has 0 aromatic rings. The van der Waals surface area contributed by atoms with E-state index in [-0.39, 0.29) is 5.97 Å².